The fraction of sp³-hybridized carbons (Fsp3) is 0.381. The summed E-state index contributed by atoms with van der Waals surface area (Å²) in [5.74, 6) is 0.681. The summed E-state index contributed by atoms with van der Waals surface area (Å²) in [6.45, 7) is 5.69. The summed E-state index contributed by atoms with van der Waals surface area (Å²) >= 11 is 0. The largest absolute Gasteiger partial charge is 0.497 e. The number of hydrogen-bond acceptors (Lipinski definition) is 5. The Kier molecular flexibility index (Phi) is 7.13. The summed E-state index contributed by atoms with van der Waals surface area (Å²) in [5, 5.41) is 2.78. The average molecular weight is 421 g/mol. The van der Waals surface area contributed by atoms with Crippen LogP contribution in [-0.2, 0) is 14.8 Å². The second-order valence-corrected chi connectivity index (χ2v) is 8.90. The minimum absolute atomic E-state index is 0.229. The third kappa shape index (κ3) is 5.41. The van der Waals surface area contributed by atoms with Crippen molar-refractivity contribution in [2.24, 2.45) is 0 Å². The van der Waals surface area contributed by atoms with Gasteiger partial charge in [0, 0.05) is 11.8 Å². The quantitative estimate of drug-likeness (QED) is 0.705. The van der Waals surface area contributed by atoms with Crippen molar-refractivity contribution in [1.29, 1.82) is 0 Å². The molecule has 8 heteroatoms. The van der Waals surface area contributed by atoms with Crippen LogP contribution in [0, 0.1) is 0 Å². The van der Waals surface area contributed by atoms with Gasteiger partial charge in [0.25, 0.3) is 0 Å². The molecule has 2 aromatic carbocycles. The molecule has 0 saturated heterocycles. The molecule has 0 aliphatic rings. The zero-order chi connectivity index (χ0) is 21.8. The van der Waals surface area contributed by atoms with E-state index in [1.54, 1.807) is 24.3 Å². The van der Waals surface area contributed by atoms with E-state index in [1.165, 1.54) is 27.2 Å². The number of rotatable bonds is 8. The second-order valence-electron chi connectivity index (χ2n) is 7.04. The maximum atomic E-state index is 12.9. The highest BCUT2D eigenvalue weighted by molar-refractivity contribution is 7.92. The van der Waals surface area contributed by atoms with Gasteiger partial charge in [0.05, 0.1) is 26.2 Å². The Bertz CT molecular complexity index is 956. The van der Waals surface area contributed by atoms with Crippen molar-refractivity contribution < 1.29 is 22.7 Å². The molecule has 158 valence electrons. The number of anilines is 2. The number of carbonyl (C=O) groups excluding carboxylic acids is 1. The van der Waals surface area contributed by atoms with Gasteiger partial charge in [-0.25, -0.2) is 8.42 Å². The normalized spacial score (nSPS) is 12.4. The first-order valence-corrected chi connectivity index (χ1v) is 11.1. The van der Waals surface area contributed by atoms with Gasteiger partial charge in [0.1, 0.15) is 17.5 Å². The van der Waals surface area contributed by atoms with Crippen molar-refractivity contribution in [3.63, 3.8) is 0 Å². The number of ether oxygens (including phenoxy) is 2. The molecule has 0 radical (unpaired) electrons. The van der Waals surface area contributed by atoms with E-state index in [-0.39, 0.29) is 5.69 Å². The third-order valence-corrected chi connectivity index (χ3v) is 5.78. The van der Waals surface area contributed by atoms with E-state index in [2.05, 4.69) is 19.2 Å². The molecule has 0 spiro atoms. The summed E-state index contributed by atoms with van der Waals surface area (Å²) in [4.78, 5) is 12.9. The third-order valence-electron chi connectivity index (χ3n) is 4.56. The molecule has 1 atom stereocenters. The molecule has 0 heterocycles. The van der Waals surface area contributed by atoms with Crippen LogP contribution in [0.15, 0.2) is 42.5 Å². The SMILES string of the molecule is COc1ccc(OC)c(N([C@@H](C)C(=O)Nc2ccc(C(C)C)cc2)S(C)(=O)=O)c1. The molecule has 0 aromatic heterocycles. The van der Waals surface area contributed by atoms with Crippen LogP contribution in [0.2, 0.25) is 0 Å². The topological polar surface area (TPSA) is 84.9 Å². The summed E-state index contributed by atoms with van der Waals surface area (Å²) < 4.78 is 36.7. The fourth-order valence-electron chi connectivity index (χ4n) is 2.95. The molecule has 0 aliphatic heterocycles. The molecular weight excluding hydrogens is 392 g/mol. The second kappa shape index (κ2) is 9.17. The average Bonchev–Trinajstić information content (AvgIpc) is 2.67. The van der Waals surface area contributed by atoms with Crippen LogP contribution >= 0.6 is 0 Å². The molecule has 0 fully saturated rings. The Morgan fingerprint density at radius 1 is 1.00 bits per heavy atom. The molecule has 2 aromatic rings. The monoisotopic (exact) mass is 420 g/mol. The lowest BCUT2D eigenvalue weighted by molar-refractivity contribution is -0.116. The highest BCUT2D eigenvalue weighted by Crippen LogP contribution is 2.35. The summed E-state index contributed by atoms with van der Waals surface area (Å²) in [6.07, 6.45) is 1.05. The van der Waals surface area contributed by atoms with Gasteiger partial charge in [0.15, 0.2) is 0 Å². The number of benzene rings is 2. The van der Waals surface area contributed by atoms with Crippen LogP contribution in [0.3, 0.4) is 0 Å². The van der Waals surface area contributed by atoms with Crippen molar-refractivity contribution in [3.05, 3.63) is 48.0 Å². The molecule has 0 aliphatic carbocycles. The number of methoxy groups -OCH3 is 2. The van der Waals surface area contributed by atoms with Gasteiger partial charge < -0.3 is 14.8 Å². The number of carbonyl (C=O) groups is 1. The van der Waals surface area contributed by atoms with Crippen LogP contribution in [0.4, 0.5) is 11.4 Å². The van der Waals surface area contributed by atoms with Crippen molar-refractivity contribution in [2.45, 2.75) is 32.7 Å². The van der Waals surface area contributed by atoms with Crippen LogP contribution in [-0.4, -0.2) is 40.8 Å². The van der Waals surface area contributed by atoms with Crippen molar-refractivity contribution in [2.75, 3.05) is 30.1 Å². The van der Waals surface area contributed by atoms with E-state index < -0.39 is 22.0 Å². The maximum absolute atomic E-state index is 12.9. The zero-order valence-electron chi connectivity index (χ0n) is 17.6. The van der Waals surface area contributed by atoms with Crippen LogP contribution < -0.4 is 19.1 Å². The van der Waals surface area contributed by atoms with Gasteiger partial charge >= 0.3 is 0 Å². The van der Waals surface area contributed by atoms with Crippen molar-refractivity contribution in [1.82, 2.24) is 0 Å². The van der Waals surface area contributed by atoms with E-state index >= 15 is 0 Å². The Morgan fingerprint density at radius 3 is 2.10 bits per heavy atom. The van der Waals surface area contributed by atoms with Gasteiger partial charge in [-0.05, 0) is 42.7 Å². The molecule has 1 N–H and O–H groups in total. The maximum Gasteiger partial charge on any atom is 0.247 e. The van der Waals surface area contributed by atoms with Crippen molar-refractivity contribution in [3.8, 4) is 11.5 Å². The van der Waals surface area contributed by atoms with E-state index in [0.29, 0.717) is 23.1 Å². The molecular formula is C21H28N2O5S. The zero-order valence-corrected chi connectivity index (χ0v) is 18.4. The number of sulfonamides is 1. The lowest BCUT2D eigenvalue weighted by Crippen LogP contribution is -2.45. The number of hydrogen-bond donors (Lipinski definition) is 1. The smallest absolute Gasteiger partial charge is 0.247 e. The Hall–Kier alpha value is -2.74. The van der Waals surface area contributed by atoms with Crippen LogP contribution in [0.1, 0.15) is 32.3 Å². The number of nitrogens with one attached hydrogen (secondary N) is 1. The van der Waals surface area contributed by atoms with Crippen LogP contribution in [0.5, 0.6) is 11.5 Å². The summed E-state index contributed by atoms with van der Waals surface area (Å²) in [7, 11) is -0.876. The molecule has 7 nitrogen and oxygen atoms in total. The minimum atomic E-state index is -3.79. The van der Waals surface area contributed by atoms with Gasteiger partial charge in [-0.15, -0.1) is 0 Å². The lowest BCUT2D eigenvalue weighted by atomic mass is 10.0. The fourth-order valence-corrected chi connectivity index (χ4v) is 4.12. The van der Waals surface area contributed by atoms with E-state index in [0.717, 1.165) is 16.1 Å². The van der Waals surface area contributed by atoms with Crippen LogP contribution in [0.25, 0.3) is 0 Å². The van der Waals surface area contributed by atoms with Crippen molar-refractivity contribution >= 4 is 27.3 Å². The first-order valence-electron chi connectivity index (χ1n) is 9.20. The van der Waals surface area contributed by atoms with E-state index in [9.17, 15) is 13.2 Å². The summed E-state index contributed by atoms with van der Waals surface area (Å²) in [5.41, 5.74) is 1.97. The molecule has 0 bridgehead atoms. The first-order chi connectivity index (χ1) is 13.6. The Morgan fingerprint density at radius 2 is 1.62 bits per heavy atom. The van der Waals surface area contributed by atoms with Gasteiger partial charge in [0.2, 0.25) is 15.9 Å². The van der Waals surface area contributed by atoms with Gasteiger partial charge in [-0.1, -0.05) is 26.0 Å². The van der Waals surface area contributed by atoms with Gasteiger partial charge in [-0.2, -0.15) is 0 Å². The highest BCUT2D eigenvalue weighted by Gasteiger charge is 2.31. The van der Waals surface area contributed by atoms with E-state index in [4.69, 9.17) is 9.47 Å². The van der Waals surface area contributed by atoms with E-state index in [1.807, 2.05) is 12.1 Å². The standard InChI is InChI=1S/C21H28N2O5S/c1-14(2)16-7-9-17(10-8-16)22-21(24)15(3)23(29(6,25)26)19-13-18(27-4)11-12-20(19)28-5/h7-15H,1-6H3,(H,22,24)/t15-/m0/s1. The Labute approximate surface area is 172 Å². The number of amides is 1. The molecule has 2 rings (SSSR count). The first kappa shape index (κ1) is 22.5. The predicted molar refractivity (Wildman–Crippen MR) is 115 cm³/mol. The van der Waals surface area contributed by atoms with Gasteiger partial charge in [-0.3, -0.25) is 9.10 Å². The Balaban J connectivity index is 2.37. The lowest BCUT2D eigenvalue weighted by Gasteiger charge is -2.29. The molecule has 0 unspecified atom stereocenters. The summed E-state index contributed by atoms with van der Waals surface area (Å²) in [6, 6.07) is 11.2. The number of nitrogens with zero attached hydrogens (tertiary/aromatic N) is 1. The predicted octanol–water partition coefficient (Wildman–Crippen LogP) is 3.62. The minimum Gasteiger partial charge on any atom is -0.497 e. The molecule has 29 heavy (non-hydrogen) atoms. The molecule has 1 amide bonds. The highest BCUT2D eigenvalue weighted by atomic mass is 32.2. The molecule has 0 saturated carbocycles.